The van der Waals surface area contributed by atoms with Crippen LogP contribution in [0.2, 0.25) is 0 Å². The van der Waals surface area contributed by atoms with Crippen molar-refractivity contribution in [3.63, 3.8) is 0 Å². The number of carbonyl (C=O) groups is 1. The van der Waals surface area contributed by atoms with Gasteiger partial charge in [0.1, 0.15) is 0 Å². The molecule has 0 saturated heterocycles. The number of hydrogen-bond acceptors (Lipinski definition) is 2. The summed E-state index contributed by atoms with van der Waals surface area (Å²) in [7, 11) is 0. The molecule has 1 heterocycles. The summed E-state index contributed by atoms with van der Waals surface area (Å²) in [4.78, 5) is 13.7. The lowest BCUT2D eigenvalue weighted by Gasteiger charge is -2.29. The first-order valence-electron chi connectivity index (χ1n) is 5.82. The lowest BCUT2D eigenvalue weighted by molar-refractivity contribution is -0.118. The van der Waals surface area contributed by atoms with Gasteiger partial charge in [-0.05, 0) is 30.9 Å². The molecule has 0 aliphatic carbocycles. The number of hydrogen-bond donors (Lipinski definition) is 1. The number of unbranched alkanes of at least 4 members (excludes halogenated alkanes) is 1. The minimum Gasteiger partial charge on any atom is -0.396 e. The normalized spacial score (nSPS) is 15.1. The van der Waals surface area contributed by atoms with E-state index in [-0.39, 0.29) is 12.5 Å². The highest BCUT2D eigenvalue weighted by molar-refractivity contribution is 5.96. The van der Waals surface area contributed by atoms with Gasteiger partial charge in [0.15, 0.2) is 0 Å². The summed E-state index contributed by atoms with van der Waals surface area (Å²) in [6.45, 7) is 0.917. The van der Waals surface area contributed by atoms with Gasteiger partial charge in [-0.1, -0.05) is 18.2 Å². The van der Waals surface area contributed by atoms with Gasteiger partial charge in [-0.3, -0.25) is 4.79 Å². The number of carbonyl (C=O) groups excluding carboxylic acids is 1. The molecule has 1 amide bonds. The monoisotopic (exact) mass is 219 g/mol. The van der Waals surface area contributed by atoms with Crippen LogP contribution in [-0.4, -0.2) is 24.2 Å². The smallest absolute Gasteiger partial charge is 0.227 e. The maximum absolute atomic E-state index is 11.8. The van der Waals surface area contributed by atoms with Crippen molar-refractivity contribution in [1.29, 1.82) is 0 Å². The number of aryl methyl sites for hydroxylation is 1. The zero-order valence-electron chi connectivity index (χ0n) is 9.35. The summed E-state index contributed by atoms with van der Waals surface area (Å²) in [5.74, 6) is 0.205. The van der Waals surface area contributed by atoms with Gasteiger partial charge in [0.05, 0.1) is 0 Å². The van der Waals surface area contributed by atoms with E-state index < -0.39 is 0 Å². The molecular formula is C13H17NO2. The maximum Gasteiger partial charge on any atom is 0.227 e. The molecule has 0 radical (unpaired) electrons. The molecule has 3 heteroatoms. The van der Waals surface area contributed by atoms with E-state index in [1.165, 1.54) is 5.56 Å². The Bertz CT molecular complexity index is 376. The fraction of sp³-hybridized carbons (Fsp3) is 0.462. The predicted octanol–water partition coefficient (Wildman–Crippen LogP) is 1.74. The summed E-state index contributed by atoms with van der Waals surface area (Å²) in [5, 5.41) is 8.75. The summed E-state index contributed by atoms with van der Waals surface area (Å²) in [5.41, 5.74) is 2.31. The lowest BCUT2D eigenvalue weighted by Crippen LogP contribution is -2.35. The number of aliphatic hydroxyl groups is 1. The molecule has 0 bridgehead atoms. The topological polar surface area (TPSA) is 40.5 Å². The molecule has 0 fully saturated rings. The zero-order valence-corrected chi connectivity index (χ0v) is 9.35. The predicted molar refractivity (Wildman–Crippen MR) is 63.4 cm³/mol. The highest BCUT2D eigenvalue weighted by Gasteiger charge is 2.22. The minimum atomic E-state index is 0.198. The number of rotatable bonds is 4. The third-order valence-electron chi connectivity index (χ3n) is 2.98. The molecule has 1 aliphatic heterocycles. The van der Waals surface area contributed by atoms with Crippen LogP contribution in [0.3, 0.4) is 0 Å². The number of fused-ring (bicyclic) bond motifs is 1. The van der Waals surface area contributed by atoms with Crippen molar-refractivity contribution >= 4 is 11.6 Å². The Balaban J connectivity index is 2.13. The maximum atomic E-state index is 11.8. The van der Waals surface area contributed by atoms with Crippen LogP contribution in [0.25, 0.3) is 0 Å². The fourth-order valence-corrected chi connectivity index (χ4v) is 2.12. The van der Waals surface area contributed by atoms with Crippen LogP contribution < -0.4 is 4.90 Å². The lowest BCUT2D eigenvalue weighted by atomic mass is 10.0. The van der Waals surface area contributed by atoms with Crippen molar-refractivity contribution in [2.75, 3.05) is 18.1 Å². The SMILES string of the molecule is O=C1CCc2ccccc2N1CCCCO. The first-order valence-corrected chi connectivity index (χ1v) is 5.82. The molecule has 0 spiro atoms. The van der Waals surface area contributed by atoms with E-state index >= 15 is 0 Å². The first-order chi connectivity index (χ1) is 7.83. The largest absolute Gasteiger partial charge is 0.396 e. The average Bonchev–Trinajstić information content (AvgIpc) is 2.32. The van der Waals surface area contributed by atoms with Crippen LogP contribution in [0, 0.1) is 0 Å². The molecule has 3 nitrogen and oxygen atoms in total. The van der Waals surface area contributed by atoms with Crippen LogP contribution in [0.1, 0.15) is 24.8 Å². The molecule has 0 atom stereocenters. The van der Waals surface area contributed by atoms with Crippen LogP contribution >= 0.6 is 0 Å². The van der Waals surface area contributed by atoms with E-state index in [2.05, 4.69) is 6.07 Å². The number of para-hydroxylation sites is 1. The van der Waals surface area contributed by atoms with Gasteiger partial charge in [-0.2, -0.15) is 0 Å². The quantitative estimate of drug-likeness (QED) is 0.784. The van der Waals surface area contributed by atoms with Crippen LogP contribution in [0.5, 0.6) is 0 Å². The van der Waals surface area contributed by atoms with E-state index in [1.54, 1.807) is 0 Å². The third kappa shape index (κ3) is 2.25. The number of amides is 1. The van der Waals surface area contributed by atoms with Gasteiger partial charge in [0, 0.05) is 25.3 Å². The van der Waals surface area contributed by atoms with Crippen LogP contribution in [0.15, 0.2) is 24.3 Å². The summed E-state index contributed by atoms with van der Waals surface area (Å²) in [6, 6.07) is 8.07. The Morgan fingerprint density at radius 1 is 1.19 bits per heavy atom. The van der Waals surface area contributed by atoms with Crippen molar-refractivity contribution in [3.05, 3.63) is 29.8 Å². The Morgan fingerprint density at radius 2 is 2.00 bits per heavy atom. The van der Waals surface area contributed by atoms with Gasteiger partial charge < -0.3 is 10.0 Å². The Labute approximate surface area is 95.7 Å². The second kappa shape index (κ2) is 5.12. The van der Waals surface area contributed by atoms with Gasteiger partial charge >= 0.3 is 0 Å². The summed E-state index contributed by atoms with van der Waals surface area (Å²) < 4.78 is 0. The van der Waals surface area contributed by atoms with E-state index in [0.717, 1.165) is 31.5 Å². The highest BCUT2D eigenvalue weighted by Crippen LogP contribution is 2.27. The van der Waals surface area contributed by atoms with Crippen molar-refractivity contribution in [3.8, 4) is 0 Å². The van der Waals surface area contributed by atoms with E-state index in [4.69, 9.17) is 5.11 Å². The van der Waals surface area contributed by atoms with Gasteiger partial charge in [-0.15, -0.1) is 0 Å². The second-order valence-electron chi connectivity index (χ2n) is 4.10. The summed E-state index contributed by atoms with van der Waals surface area (Å²) >= 11 is 0. The van der Waals surface area contributed by atoms with Crippen LogP contribution in [0.4, 0.5) is 5.69 Å². The number of nitrogens with zero attached hydrogens (tertiary/aromatic N) is 1. The van der Waals surface area contributed by atoms with E-state index in [9.17, 15) is 4.79 Å². The molecule has 0 unspecified atom stereocenters. The van der Waals surface area contributed by atoms with Crippen LogP contribution in [-0.2, 0) is 11.2 Å². The third-order valence-corrected chi connectivity index (χ3v) is 2.98. The average molecular weight is 219 g/mol. The molecule has 0 aromatic heterocycles. The van der Waals surface area contributed by atoms with Crippen molar-refractivity contribution in [2.24, 2.45) is 0 Å². The molecule has 1 aliphatic rings. The van der Waals surface area contributed by atoms with E-state index in [0.29, 0.717) is 6.42 Å². The number of benzene rings is 1. The highest BCUT2D eigenvalue weighted by atomic mass is 16.3. The van der Waals surface area contributed by atoms with Crippen molar-refractivity contribution in [1.82, 2.24) is 0 Å². The first kappa shape index (κ1) is 11.1. The molecular weight excluding hydrogens is 202 g/mol. The molecule has 16 heavy (non-hydrogen) atoms. The Morgan fingerprint density at radius 3 is 2.81 bits per heavy atom. The molecule has 1 aromatic carbocycles. The number of aliphatic hydroxyl groups excluding tert-OH is 1. The van der Waals surface area contributed by atoms with Gasteiger partial charge in [-0.25, -0.2) is 0 Å². The van der Waals surface area contributed by atoms with Crippen molar-refractivity contribution < 1.29 is 9.90 Å². The minimum absolute atomic E-state index is 0.198. The fourth-order valence-electron chi connectivity index (χ4n) is 2.12. The Kier molecular flexibility index (Phi) is 3.57. The molecule has 0 saturated carbocycles. The number of anilines is 1. The molecule has 1 N–H and O–H groups in total. The molecule has 1 aromatic rings. The molecule has 2 rings (SSSR count). The van der Waals surface area contributed by atoms with Gasteiger partial charge in [0.25, 0.3) is 0 Å². The standard InChI is InChI=1S/C13H17NO2/c15-10-4-3-9-14-12-6-2-1-5-11(12)7-8-13(14)16/h1-2,5-6,15H,3-4,7-10H2. The second-order valence-corrected chi connectivity index (χ2v) is 4.10. The summed E-state index contributed by atoms with van der Waals surface area (Å²) in [6.07, 6.45) is 3.07. The zero-order chi connectivity index (χ0) is 11.4. The Hall–Kier alpha value is -1.35. The van der Waals surface area contributed by atoms with Gasteiger partial charge in [0.2, 0.25) is 5.91 Å². The van der Waals surface area contributed by atoms with E-state index in [1.807, 2.05) is 23.1 Å². The molecule has 86 valence electrons. The van der Waals surface area contributed by atoms with Crippen molar-refractivity contribution in [2.45, 2.75) is 25.7 Å².